The third-order valence-corrected chi connectivity index (χ3v) is 2.74. The van der Waals surface area contributed by atoms with Gasteiger partial charge in [-0.2, -0.15) is 0 Å². The molecule has 0 saturated carbocycles. The van der Waals surface area contributed by atoms with E-state index in [0.29, 0.717) is 12.3 Å². The van der Waals surface area contributed by atoms with Crippen molar-refractivity contribution < 1.29 is 14.5 Å². The van der Waals surface area contributed by atoms with Gasteiger partial charge in [0.05, 0.1) is 18.1 Å². The normalized spacial score (nSPS) is 11.8. The molecule has 2 N–H and O–H groups in total. The Morgan fingerprint density at radius 1 is 1.55 bits per heavy atom. The van der Waals surface area contributed by atoms with Gasteiger partial charge in [0.2, 0.25) is 5.91 Å². The highest BCUT2D eigenvalue weighted by Crippen LogP contribution is 2.27. The van der Waals surface area contributed by atoms with Crippen molar-refractivity contribution in [2.24, 2.45) is 0 Å². The second kappa shape index (κ2) is 7.66. The van der Waals surface area contributed by atoms with E-state index in [-0.39, 0.29) is 29.2 Å². The number of ether oxygens (including phenoxy) is 1. The first-order valence-corrected chi connectivity index (χ1v) is 6.28. The van der Waals surface area contributed by atoms with Gasteiger partial charge in [0, 0.05) is 24.9 Å². The Morgan fingerprint density at radius 3 is 2.85 bits per heavy atom. The number of hydrogen-bond donors (Lipinski definition) is 2. The van der Waals surface area contributed by atoms with Crippen LogP contribution in [0.15, 0.2) is 18.2 Å². The molecule has 0 saturated heterocycles. The maximum Gasteiger partial charge on any atom is 0.289 e. The topological polar surface area (TPSA) is 93.5 Å². The molecule has 1 rings (SSSR count). The van der Waals surface area contributed by atoms with Gasteiger partial charge in [-0.3, -0.25) is 14.9 Å². The Morgan fingerprint density at radius 2 is 2.25 bits per heavy atom. The molecule has 20 heavy (non-hydrogen) atoms. The lowest BCUT2D eigenvalue weighted by Gasteiger charge is -2.13. The second-order valence-corrected chi connectivity index (χ2v) is 4.61. The van der Waals surface area contributed by atoms with Crippen molar-refractivity contribution in [2.75, 3.05) is 25.6 Å². The molecule has 0 fully saturated rings. The number of carbonyl (C=O) groups excluding carboxylic acids is 1. The minimum Gasteiger partial charge on any atom is -0.383 e. The Kier molecular flexibility index (Phi) is 6.20. The van der Waals surface area contributed by atoms with E-state index in [9.17, 15) is 14.9 Å². The molecule has 0 aliphatic carbocycles. The van der Waals surface area contributed by atoms with Crippen molar-refractivity contribution in [3.05, 3.63) is 33.3 Å². The summed E-state index contributed by atoms with van der Waals surface area (Å²) in [5.74, 6) is -0.229. The van der Waals surface area contributed by atoms with E-state index >= 15 is 0 Å². The average Bonchev–Trinajstić information content (AvgIpc) is 2.37. The summed E-state index contributed by atoms with van der Waals surface area (Å²) in [5, 5.41) is 16.3. The molecule has 110 valence electrons. The standard InChI is InChI=1S/C12H16ClN3O4/c1-8(7-20-2)15-12(17)6-14-9-3-4-10(13)11(5-9)16(18)19/h3-5,8,14H,6-7H2,1-2H3,(H,15,17). The van der Waals surface area contributed by atoms with Crippen LogP contribution in [0.3, 0.4) is 0 Å². The van der Waals surface area contributed by atoms with Gasteiger partial charge in [-0.05, 0) is 19.1 Å². The highest BCUT2D eigenvalue weighted by atomic mass is 35.5. The van der Waals surface area contributed by atoms with Gasteiger partial charge in [-0.25, -0.2) is 0 Å². The number of benzene rings is 1. The summed E-state index contributed by atoms with van der Waals surface area (Å²) in [6.07, 6.45) is 0. The summed E-state index contributed by atoms with van der Waals surface area (Å²) < 4.78 is 4.90. The minimum atomic E-state index is -0.575. The number of amides is 1. The number of anilines is 1. The predicted molar refractivity (Wildman–Crippen MR) is 76.1 cm³/mol. The lowest BCUT2D eigenvalue weighted by atomic mass is 10.2. The molecular weight excluding hydrogens is 286 g/mol. The molecule has 0 aromatic heterocycles. The van der Waals surface area contributed by atoms with Crippen LogP contribution in [0.5, 0.6) is 0 Å². The maximum atomic E-state index is 11.6. The van der Waals surface area contributed by atoms with E-state index in [1.807, 2.05) is 6.92 Å². The van der Waals surface area contributed by atoms with Crippen molar-refractivity contribution in [3.8, 4) is 0 Å². The molecule has 1 aromatic carbocycles. The Hall–Kier alpha value is -1.86. The second-order valence-electron chi connectivity index (χ2n) is 4.20. The molecule has 7 nitrogen and oxygen atoms in total. The van der Waals surface area contributed by atoms with E-state index in [2.05, 4.69) is 10.6 Å². The smallest absolute Gasteiger partial charge is 0.289 e. The van der Waals surface area contributed by atoms with Crippen LogP contribution in [0.4, 0.5) is 11.4 Å². The molecule has 1 amide bonds. The van der Waals surface area contributed by atoms with Crippen LogP contribution in [0, 0.1) is 10.1 Å². The Labute approximate surface area is 121 Å². The number of nitrogens with zero attached hydrogens (tertiary/aromatic N) is 1. The first-order valence-electron chi connectivity index (χ1n) is 5.90. The van der Waals surface area contributed by atoms with E-state index < -0.39 is 4.92 Å². The Balaban J connectivity index is 2.55. The molecule has 0 spiro atoms. The quantitative estimate of drug-likeness (QED) is 0.592. The Bertz CT molecular complexity index is 496. The third kappa shape index (κ3) is 5.02. The number of nitro groups is 1. The van der Waals surface area contributed by atoms with Crippen LogP contribution in [-0.2, 0) is 9.53 Å². The molecule has 0 radical (unpaired) electrons. The molecule has 1 aromatic rings. The number of carbonyl (C=O) groups is 1. The molecule has 0 aliphatic heterocycles. The van der Waals surface area contributed by atoms with Crippen LogP contribution >= 0.6 is 11.6 Å². The predicted octanol–water partition coefficient (Wildman–Crippen LogP) is 1.81. The lowest BCUT2D eigenvalue weighted by Crippen LogP contribution is -2.39. The van der Waals surface area contributed by atoms with Gasteiger partial charge in [0.15, 0.2) is 0 Å². The molecule has 0 aliphatic rings. The van der Waals surface area contributed by atoms with Crippen molar-refractivity contribution >= 4 is 28.9 Å². The molecule has 0 heterocycles. The summed E-state index contributed by atoms with van der Waals surface area (Å²) in [6, 6.07) is 4.16. The lowest BCUT2D eigenvalue weighted by molar-refractivity contribution is -0.384. The highest BCUT2D eigenvalue weighted by Gasteiger charge is 2.13. The van der Waals surface area contributed by atoms with Crippen molar-refractivity contribution in [2.45, 2.75) is 13.0 Å². The molecule has 1 unspecified atom stereocenters. The average molecular weight is 302 g/mol. The van der Waals surface area contributed by atoms with Gasteiger partial charge in [0.25, 0.3) is 5.69 Å². The zero-order chi connectivity index (χ0) is 15.1. The van der Waals surface area contributed by atoms with Crippen LogP contribution in [-0.4, -0.2) is 37.1 Å². The van der Waals surface area contributed by atoms with Gasteiger partial charge >= 0.3 is 0 Å². The SMILES string of the molecule is COCC(C)NC(=O)CNc1ccc(Cl)c([N+](=O)[O-])c1. The summed E-state index contributed by atoms with van der Waals surface area (Å²) in [5.41, 5.74) is 0.250. The zero-order valence-corrected chi connectivity index (χ0v) is 11.9. The highest BCUT2D eigenvalue weighted by molar-refractivity contribution is 6.32. The van der Waals surface area contributed by atoms with Crippen LogP contribution in [0.2, 0.25) is 5.02 Å². The number of methoxy groups -OCH3 is 1. The maximum absolute atomic E-state index is 11.6. The van der Waals surface area contributed by atoms with Crippen LogP contribution < -0.4 is 10.6 Å². The number of nitrogens with one attached hydrogen (secondary N) is 2. The van der Waals surface area contributed by atoms with Crippen LogP contribution in [0.25, 0.3) is 0 Å². The fraction of sp³-hybridized carbons (Fsp3) is 0.417. The molecule has 8 heteroatoms. The summed E-state index contributed by atoms with van der Waals surface area (Å²) in [6.45, 7) is 2.24. The summed E-state index contributed by atoms with van der Waals surface area (Å²) in [7, 11) is 1.55. The molecular formula is C12H16ClN3O4. The fourth-order valence-electron chi connectivity index (χ4n) is 1.56. The largest absolute Gasteiger partial charge is 0.383 e. The number of halogens is 1. The van der Waals surface area contributed by atoms with E-state index in [1.165, 1.54) is 12.1 Å². The van der Waals surface area contributed by atoms with Crippen molar-refractivity contribution in [1.82, 2.24) is 5.32 Å². The van der Waals surface area contributed by atoms with Gasteiger partial charge < -0.3 is 15.4 Å². The van der Waals surface area contributed by atoms with E-state index in [0.717, 1.165) is 0 Å². The van der Waals surface area contributed by atoms with E-state index in [1.54, 1.807) is 13.2 Å². The van der Waals surface area contributed by atoms with Gasteiger partial charge in [0.1, 0.15) is 5.02 Å². The van der Waals surface area contributed by atoms with Crippen molar-refractivity contribution in [3.63, 3.8) is 0 Å². The van der Waals surface area contributed by atoms with Crippen molar-refractivity contribution in [1.29, 1.82) is 0 Å². The zero-order valence-electron chi connectivity index (χ0n) is 11.2. The monoisotopic (exact) mass is 301 g/mol. The molecule has 1 atom stereocenters. The fourth-order valence-corrected chi connectivity index (χ4v) is 1.75. The third-order valence-electron chi connectivity index (χ3n) is 2.42. The molecule has 0 bridgehead atoms. The summed E-state index contributed by atoms with van der Waals surface area (Å²) in [4.78, 5) is 21.8. The van der Waals surface area contributed by atoms with Gasteiger partial charge in [-0.1, -0.05) is 11.6 Å². The van der Waals surface area contributed by atoms with Gasteiger partial charge in [-0.15, -0.1) is 0 Å². The summed E-state index contributed by atoms with van der Waals surface area (Å²) >= 11 is 5.69. The van der Waals surface area contributed by atoms with Crippen LogP contribution in [0.1, 0.15) is 6.92 Å². The number of nitro benzene ring substituents is 1. The van der Waals surface area contributed by atoms with E-state index in [4.69, 9.17) is 16.3 Å². The number of rotatable bonds is 7. The first-order chi connectivity index (χ1) is 9.43. The number of hydrogen-bond acceptors (Lipinski definition) is 5. The first kappa shape index (κ1) is 16.2. The minimum absolute atomic E-state index is 0.00679.